The summed E-state index contributed by atoms with van der Waals surface area (Å²) in [7, 11) is 1.41. The molecule has 0 bridgehead atoms. The van der Waals surface area contributed by atoms with Gasteiger partial charge in [-0.15, -0.1) is 0 Å². The zero-order chi connectivity index (χ0) is 17.8. The lowest BCUT2D eigenvalue weighted by atomic mass is 10.1. The normalized spacial score (nSPS) is 12.1. The third-order valence-corrected chi connectivity index (χ3v) is 4.48. The van der Waals surface area contributed by atoms with Crippen LogP contribution in [0.15, 0.2) is 52.1 Å². The van der Waals surface area contributed by atoms with Crippen molar-refractivity contribution in [3.63, 3.8) is 0 Å². The molecular formula is C18H17FN2O3S. The maximum Gasteiger partial charge on any atom is 0.257 e. The van der Waals surface area contributed by atoms with Crippen molar-refractivity contribution in [1.29, 1.82) is 0 Å². The van der Waals surface area contributed by atoms with E-state index in [-0.39, 0.29) is 23.5 Å². The van der Waals surface area contributed by atoms with Crippen molar-refractivity contribution in [2.24, 2.45) is 0 Å². The molecule has 0 aliphatic heterocycles. The van der Waals surface area contributed by atoms with E-state index in [1.807, 2.05) is 24.3 Å². The van der Waals surface area contributed by atoms with Gasteiger partial charge in [0.1, 0.15) is 5.52 Å². The number of hydrogen-bond donors (Lipinski definition) is 1. The number of ether oxygens (including phenoxy) is 1. The van der Waals surface area contributed by atoms with Crippen molar-refractivity contribution in [1.82, 2.24) is 10.3 Å². The van der Waals surface area contributed by atoms with Crippen molar-refractivity contribution in [2.75, 3.05) is 12.9 Å². The summed E-state index contributed by atoms with van der Waals surface area (Å²) in [4.78, 5) is 16.4. The molecule has 0 unspecified atom stereocenters. The van der Waals surface area contributed by atoms with Gasteiger partial charge in [0.15, 0.2) is 17.1 Å². The van der Waals surface area contributed by atoms with E-state index in [0.717, 1.165) is 5.52 Å². The van der Waals surface area contributed by atoms with E-state index >= 15 is 0 Å². The Kier molecular flexibility index (Phi) is 5.23. The predicted molar refractivity (Wildman–Crippen MR) is 94.2 cm³/mol. The number of rotatable bonds is 6. The minimum atomic E-state index is -0.457. The van der Waals surface area contributed by atoms with E-state index in [2.05, 4.69) is 10.3 Å². The summed E-state index contributed by atoms with van der Waals surface area (Å²) in [5.74, 6) is -0.303. The summed E-state index contributed by atoms with van der Waals surface area (Å²) in [6, 6.07) is 11.7. The Morgan fingerprint density at radius 1 is 1.36 bits per heavy atom. The van der Waals surface area contributed by atoms with E-state index in [0.29, 0.717) is 16.4 Å². The summed E-state index contributed by atoms with van der Waals surface area (Å²) in [5.41, 5.74) is 2.11. The Bertz CT molecular complexity index is 864. The number of nitrogens with one attached hydrogen (secondary N) is 1. The van der Waals surface area contributed by atoms with Gasteiger partial charge in [-0.1, -0.05) is 30.0 Å². The van der Waals surface area contributed by atoms with Gasteiger partial charge in [-0.3, -0.25) is 4.79 Å². The van der Waals surface area contributed by atoms with Crippen LogP contribution in [0.4, 0.5) is 4.39 Å². The lowest BCUT2D eigenvalue weighted by Gasteiger charge is -2.14. The average molecular weight is 360 g/mol. The van der Waals surface area contributed by atoms with Crippen molar-refractivity contribution in [3.05, 3.63) is 53.8 Å². The fourth-order valence-electron chi connectivity index (χ4n) is 2.36. The van der Waals surface area contributed by atoms with Gasteiger partial charge in [0.25, 0.3) is 5.22 Å². The molecule has 3 rings (SSSR count). The van der Waals surface area contributed by atoms with Crippen LogP contribution in [0.25, 0.3) is 11.1 Å². The molecule has 2 aromatic carbocycles. The number of para-hydroxylation sites is 2. The maximum absolute atomic E-state index is 13.8. The summed E-state index contributed by atoms with van der Waals surface area (Å²) in [5, 5.41) is 3.27. The number of fused-ring (bicyclic) bond motifs is 1. The lowest BCUT2D eigenvalue weighted by molar-refractivity contribution is -0.119. The Morgan fingerprint density at radius 2 is 2.16 bits per heavy atom. The Morgan fingerprint density at radius 3 is 2.88 bits per heavy atom. The van der Waals surface area contributed by atoms with Crippen LogP contribution in [0.5, 0.6) is 5.75 Å². The number of carbonyl (C=O) groups excluding carboxylic acids is 1. The molecule has 1 atom stereocenters. The number of benzene rings is 2. The van der Waals surface area contributed by atoms with Crippen LogP contribution in [0, 0.1) is 5.82 Å². The van der Waals surface area contributed by atoms with Gasteiger partial charge < -0.3 is 14.5 Å². The molecule has 130 valence electrons. The number of carbonyl (C=O) groups is 1. The second kappa shape index (κ2) is 7.57. The van der Waals surface area contributed by atoms with E-state index in [4.69, 9.17) is 9.15 Å². The van der Waals surface area contributed by atoms with Crippen molar-refractivity contribution >= 4 is 28.8 Å². The van der Waals surface area contributed by atoms with E-state index in [1.54, 1.807) is 19.1 Å². The average Bonchev–Trinajstić information content (AvgIpc) is 3.03. The van der Waals surface area contributed by atoms with Gasteiger partial charge in [0.2, 0.25) is 5.91 Å². The van der Waals surface area contributed by atoms with Gasteiger partial charge in [0, 0.05) is 0 Å². The van der Waals surface area contributed by atoms with Crippen LogP contribution in [0.1, 0.15) is 18.5 Å². The fourth-order valence-corrected chi connectivity index (χ4v) is 3.01. The molecule has 0 saturated carbocycles. The Labute approximate surface area is 148 Å². The molecule has 1 N–H and O–H groups in total. The van der Waals surface area contributed by atoms with Gasteiger partial charge in [-0.2, -0.15) is 0 Å². The summed E-state index contributed by atoms with van der Waals surface area (Å²) < 4.78 is 24.2. The number of aromatic nitrogens is 1. The number of hydrogen-bond acceptors (Lipinski definition) is 5. The first-order valence-corrected chi connectivity index (χ1v) is 8.66. The molecule has 25 heavy (non-hydrogen) atoms. The second-order valence-electron chi connectivity index (χ2n) is 5.42. The van der Waals surface area contributed by atoms with Gasteiger partial charge >= 0.3 is 0 Å². The van der Waals surface area contributed by atoms with Crippen LogP contribution >= 0.6 is 11.8 Å². The van der Waals surface area contributed by atoms with Gasteiger partial charge in [-0.05, 0) is 36.8 Å². The number of thioether (sulfide) groups is 1. The van der Waals surface area contributed by atoms with E-state index in [9.17, 15) is 9.18 Å². The monoisotopic (exact) mass is 360 g/mol. The molecule has 0 aliphatic carbocycles. The van der Waals surface area contributed by atoms with Crippen molar-refractivity contribution < 1.29 is 18.3 Å². The summed E-state index contributed by atoms with van der Waals surface area (Å²) >= 11 is 1.22. The minimum Gasteiger partial charge on any atom is -0.494 e. The minimum absolute atomic E-state index is 0.162. The molecular weight excluding hydrogens is 343 g/mol. The fraction of sp³-hybridized carbons (Fsp3) is 0.222. The first-order valence-electron chi connectivity index (χ1n) is 7.68. The number of amides is 1. The smallest absolute Gasteiger partial charge is 0.257 e. The topological polar surface area (TPSA) is 64.4 Å². The SMILES string of the molecule is COc1ccc([C@@H](C)NC(=O)CSc2nc3ccccc3o2)cc1F. The molecule has 1 aromatic heterocycles. The number of halogens is 1. The molecule has 7 heteroatoms. The third kappa shape index (κ3) is 4.11. The zero-order valence-corrected chi connectivity index (χ0v) is 14.6. The molecule has 0 radical (unpaired) electrons. The molecule has 0 aliphatic rings. The summed E-state index contributed by atoms with van der Waals surface area (Å²) in [6.45, 7) is 1.79. The van der Waals surface area contributed by atoms with Crippen molar-refractivity contribution in [3.8, 4) is 5.75 Å². The highest BCUT2D eigenvalue weighted by molar-refractivity contribution is 7.99. The molecule has 1 heterocycles. The quantitative estimate of drug-likeness (QED) is 0.675. The molecule has 0 fully saturated rings. The highest BCUT2D eigenvalue weighted by Crippen LogP contribution is 2.24. The third-order valence-electron chi connectivity index (χ3n) is 3.65. The number of methoxy groups -OCH3 is 1. The van der Waals surface area contributed by atoms with Gasteiger partial charge in [0.05, 0.1) is 18.9 Å². The molecule has 0 spiro atoms. The summed E-state index contributed by atoms with van der Waals surface area (Å²) in [6.07, 6.45) is 0. The molecule has 3 aromatic rings. The van der Waals surface area contributed by atoms with Gasteiger partial charge in [-0.25, -0.2) is 9.37 Å². The van der Waals surface area contributed by atoms with Crippen LogP contribution in [-0.2, 0) is 4.79 Å². The van der Waals surface area contributed by atoms with Crippen LogP contribution < -0.4 is 10.1 Å². The Hall–Kier alpha value is -2.54. The number of nitrogens with zero attached hydrogens (tertiary/aromatic N) is 1. The van der Waals surface area contributed by atoms with Crippen LogP contribution in [0.2, 0.25) is 0 Å². The standard InChI is InChI=1S/C18H17FN2O3S/c1-11(12-7-8-15(23-2)13(19)9-12)20-17(22)10-25-18-21-14-5-3-4-6-16(14)24-18/h3-9,11H,10H2,1-2H3,(H,20,22)/t11-/m1/s1. The highest BCUT2D eigenvalue weighted by atomic mass is 32.2. The molecule has 0 saturated heterocycles. The highest BCUT2D eigenvalue weighted by Gasteiger charge is 2.14. The lowest BCUT2D eigenvalue weighted by Crippen LogP contribution is -2.28. The zero-order valence-electron chi connectivity index (χ0n) is 13.8. The van der Waals surface area contributed by atoms with Crippen LogP contribution in [-0.4, -0.2) is 23.8 Å². The Balaban J connectivity index is 1.57. The largest absolute Gasteiger partial charge is 0.494 e. The van der Waals surface area contributed by atoms with E-state index < -0.39 is 5.82 Å². The molecule has 5 nitrogen and oxygen atoms in total. The first kappa shape index (κ1) is 17.3. The number of oxazole rings is 1. The second-order valence-corrected chi connectivity index (χ2v) is 6.35. The van der Waals surface area contributed by atoms with Crippen molar-refractivity contribution in [2.45, 2.75) is 18.2 Å². The maximum atomic E-state index is 13.8. The first-order chi connectivity index (χ1) is 12.1. The van der Waals surface area contributed by atoms with Crippen LogP contribution in [0.3, 0.4) is 0 Å². The predicted octanol–water partition coefficient (Wildman–Crippen LogP) is 3.95. The van der Waals surface area contributed by atoms with E-state index in [1.165, 1.54) is 24.9 Å². The molecule has 1 amide bonds.